The van der Waals surface area contributed by atoms with Crippen molar-refractivity contribution in [3.63, 3.8) is 0 Å². The molecule has 7 heteroatoms. The minimum absolute atomic E-state index is 0.157. The molecule has 0 bridgehead atoms. The number of carbonyl (C=O) groups is 1. The summed E-state index contributed by atoms with van der Waals surface area (Å²) < 4.78 is 6.17. The summed E-state index contributed by atoms with van der Waals surface area (Å²) >= 11 is 1.72. The highest BCUT2D eigenvalue weighted by Gasteiger charge is 2.22. The molecule has 2 aromatic rings. The normalized spacial score (nSPS) is 15.3. The van der Waals surface area contributed by atoms with E-state index in [0.29, 0.717) is 19.7 Å². The Bertz CT molecular complexity index is 619. The van der Waals surface area contributed by atoms with Gasteiger partial charge in [0.25, 0.3) is 0 Å². The number of methoxy groups -OCH3 is 1. The maximum absolute atomic E-state index is 12.1. The molecule has 1 N–H and O–H groups in total. The quantitative estimate of drug-likeness (QED) is 0.804. The van der Waals surface area contributed by atoms with Crippen LogP contribution in [0.5, 0.6) is 0 Å². The monoisotopic (exact) mass is 334 g/mol. The van der Waals surface area contributed by atoms with E-state index in [1.807, 2.05) is 23.1 Å². The fourth-order valence-corrected chi connectivity index (χ4v) is 3.64. The molecule has 1 amide bonds. The third-order valence-electron chi connectivity index (χ3n) is 3.94. The Labute approximate surface area is 140 Å². The maximum Gasteiger partial charge on any atom is 0.236 e. The van der Waals surface area contributed by atoms with Crippen molar-refractivity contribution in [3.05, 3.63) is 24.3 Å². The van der Waals surface area contributed by atoms with E-state index in [4.69, 9.17) is 9.72 Å². The number of piperazine rings is 1. The minimum Gasteiger partial charge on any atom is -0.383 e. The van der Waals surface area contributed by atoms with Crippen LogP contribution in [0.2, 0.25) is 0 Å². The van der Waals surface area contributed by atoms with Crippen molar-refractivity contribution in [2.24, 2.45) is 0 Å². The molecule has 1 aromatic heterocycles. The van der Waals surface area contributed by atoms with Gasteiger partial charge >= 0.3 is 0 Å². The molecular weight excluding hydrogens is 312 g/mol. The number of amides is 1. The smallest absolute Gasteiger partial charge is 0.236 e. The van der Waals surface area contributed by atoms with Crippen LogP contribution < -0.4 is 10.2 Å². The second-order valence-electron chi connectivity index (χ2n) is 5.50. The van der Waals surface area contributed by atoms with Gasteiger partial charge < -0.3 is 19.9 Å². The van der Waals surface area contributed by atoms with Crippen molar-refractivity contribution in [3.8, 4) is 0 Å². The SMILES string of the molecule is COCCNCC(=O)N1CCN(c2nc3ccccc3s2)CC1. The van der Waals surface area contributed by atoms with Gasteiger partial charge in [0, 0.05) is 39.8 Å². The molecule has 1 fully saturated rings. The molecule has 1 saturated heterocycles. The van der Waals surface area contributed by atoms with Gasteiger partial charge in [-0.1, -0.05) is 23.5 Å². The van der Waals surface area contributed by atoms with E-state index in [0.717, 1.165) is 36.8 Å². The number of hydrogen-bond donors (Lipinski definition) is 1. The van der Waals surface area contributed by atoms with Crippen LogP contribution in [0.15, 0.2) is 24.3 Å². The number of carbonyl (C=O) groups excluding carboxylic acids is 1. The Morgan fingerprint density at radius 3 is 2.83 bits per heavy atom. The highest BCUT2D eigenvalue weighted by Crippen LogP contribution is 2.29. The Morgan fingerprint density at radius 2 is 2.09 bits per heavy atom. The molecule has 6 nitrogen and oxygen atoms in total. The van der Waals surface area contributed by atoms with Crippen molar-refractivity contribution < 1.29 is 9.53 Å². The number of aromatic nitrogens is 1. The largest absolute Gasteiger partial charge is 0.383 e. The molecule has 0 saturated carbocycles. The molecule has 0 unspecified atom stereocenters. The van der Waals surface area contributed by atoms with Crippen LogP contribution in [0.1, 0.15) is 0 Å². The molecule has 0 radical (unpaired) electrons. The van der Waals surface area contributed by atoms with E-state index in [1.54, 1.807) is 18.4 Å². The molecule has 3 rings (SSSR count). The zero-order valence-corrected chi connectivity index (χ0v) is 14.1. The minimum atomic E-state index is 0.157. The van der Waals surface area contributed by atoms with Crippen LogP contribution in [0.25, 0.3) is 10.2 Å². The van der Waals surface area contributed by atoms with Crippen LogP contribution in [-0.4, -0.2) is 68.8 Å². The number of thiazole rings is 1. The van der Waals surface area contributed by atoms with Gasteiger partial charge in [-0.3, -0.25) is 4.79 Å². The average molecular weight is 334 g/mol. The lowest BCUT2D eigenvalue weighted by Gasteiger charge is -2.34. The summed E-state index contributed by atoms with van der Waals surface area (Å²) in [5.74, 6) is 0.157. The standard InChI is InChI=1S/C16H22N4O2S/c1-22-11-6-17-12-15(21)19-7-9-20(10-8-19)16-18-13-4-2-3-5-14(13)23-16/h2-5,17H,6-12H2,1H3. The highest BCUT2D eigenvalue weighted by molar-refractivity contribution is 7.22. The first-order valence-corrected chi connectivity index (χ1v) is 8.67. The first-order chi connectivity index (χ1) is 11.3. The molecule has 0 atom stereocenters. The number of benzene rings is 1. The highest BCUT2D eigenvalue weighted by atomic mass is 32.1. The van der Waals surface area contributed by atoms with Crippen LogP contribution in [0, 0.1) is 0 Å². The maximum atomic E-state index is 12.1. The summed E-state index contributed by atoms with van der Waals surface area (Å²) in [6.07, 6.45) is 0. The number of hydrogen-bond acceptors (Lipinski definition) is 6. The van der Waals surface area contributed by atoms with E-state index < -0.39 is 0 Å². The van der Waals surface area contributed by atoms with E-state index in [9.17, 15) is 4.79 Å². The predicted molar refractivity (Wildman–Crippen MR) is 93.2 cm³/mol. The summed E-state index contributed by atoms with van der Waals surface area (Å²) in [7, 11) is 1.66. The topological polar surface area (TPSA) is 57.7 Å². The lowest BCUT2D eigenvalue weighted by molar-refractivity contribution is -0.130. The zero-order valence-electron chi connectivity index (χ0n) is 13.3. The Balaban J connectivity index is 1.50. The molecule has 23 heavy (non-hydrogen) atoms. The number of rotatable bonds is 6. The zero-order chi connectivity index (χ0) is 16.1. The first-order valence-electron chi connectivity index (χ1n) is 7.86. The summed E-state index contributed by atoms with van der Waals surface area (Å²) in [5, 5.41) is 4.16. The predicted octanol–water partition coefficient (Wildman–Crippen LogP) is 1.18. The van der Waals surface area contributed by atoms with Crippen molar-refractivity contribution in [1.82, 2.24) is 15.2 Å². The molecule has 1 aromatic carbocycles. The van der Waals surface area contributed by atoms with Crippen LogP contribution in [0.3, 0.4) is 0 Å². The van der Waals surface area contributed by atoms with Crippen molar-refractivity contribution >= 4 is 32.6 Å². The second kappa shape index (κ2) is 7.72. The number of ether oxygens (including phenoxy) is 1. The molecule has 1 aliphatic rings. The Hall–Kier alpha value is -1.70. The first kappa shape index (κ1) is 16.2. The number of nitrogens with zero attached hydrogens (tertiary/aromatic N) is 3. The molecule has 1 aliphatic heterocycles. The van der Waals surface area contributed by atoms with Gasteiger partial charge in [0.1, 0.15) is 0 Å². The van der Waals surface area contributed by atoms with Gasteiger partial charge in [0.15, 0.2) is 5.13 Å². The van der Waals surface area contributed by atoms with E-state index in [2.05, 4.69) is 16.3 Å². The lowest BCUT2D eigenvalue weighted by atomic mass is 10.3. The van der Waals surface area contributed by atoms with Gasteiger partial charge in [-0.15, -0.1) is 0 Å². The van der Waals surface area contributed by atoms with Crippen molar-refractivity contribution in [2.45, 2.75) is 0 Å². The fraction of sp³-hybridized carbons (Fsp3) is 0.500. The van der Waals surface area contributed by atoms with Gasteiger partial charge in [0.05, 0.1) is 23.4 Å². The average Bonchev–Trinajstić information content (AvgIpc) is 3.03. The molecular formula is C16H22N4O2S. The fourth-order valence-electron chi connectivity index (χ4n) is 2.62. The van der Waals surface area contributed by atoms with E-state index in [-0.39, 0.29) is 5.91 Å². The third kappa shape index (κ3) is 3.99. The summed E-state index contributed by atoms with van der Waals surface area (Å²) in [4.78, 5) is 21.0. The van der Waals surface area contributed by atoms with Crippen molar-refractivity contribution in [2.75, 3.05) is 57.9 Å². The van der Waals surface area contributed by atoms with Gasteiger partial charge in [-0.05, 0) is 12.1 Å². The van der Waals surface area contributed by atoms with Gasteiger partial charge in [-0.2, -0.15) is 0 Å². The summed E-state index contributed by atoms with van der Waals surface area (Å²) in [5.41, 5.74) is 1.05. The summed E-state index contributed by atoms with van der Waals surface area (Å²) in [6.45, 7) is 4.88. The van der Waals surface area contributed by atoms with Crippen LogP contribution in [0.4, 0.5) is 5.13 Å². The second-order valence-corrected chi connectivity index (χ2v) is 6.51. The van der Waals surface area contributed by atoms with E-state index >= 15 is 0 Å². The number of fused-ring (bicyclic) bond motifs is 1. The number of anilines is 1. The lowest BCUT2D eigenvalue weighted by Crippen LogP contribution is -2.51. The Morgan fingerprint density at radius 1 is 1.30 bits per heavy atom. The van der Waals surface area contributed by atoms with Crippen LogP contribution >= 0.6 is 11.3 Å². The molecule has 2 heterocycles. The number of nitrogens with one attached hydrogen (secondary N) is 1. The van der Waals surface area contributed by atoms with Crippen LogP contribution in [-0.2, 0) is 9.53 Å². The van der Waals surface area contributed by atoms with Gasteiger partial charge in [0.2, 0.25) is 5.91 Å². The Kier molecular flexibility index (Phi) is 5.43. The molecule has 0 spiro atoms. The molecule has 124 valence electrons. The molecule has 0 aliphatic carbocycles. The summed E-state index contributed by atoms with van der Waals surface area (Å²) in [6, 6.07) is 8.19. The van der Waals surface area contributed by atoms with E-state index in [1.165, 1.54) is 4.70 Å². The number of para-hydroxylation sites is 1. The van der Waals surface area contributed by atoms with Crippen molar-refractivity contribution in [1.29, 1.82) is 0 Å². The third-order valence-corrected chi connectivity index (χ3v) is 5.04. The van der Waals surface area contributed by atoms with Gasteiger partial charge in [-0.25, -0.2) is 4.98 Å².